The van der Waals surface area contributed by atoms with Crippen LogP contribution in [0.4, 0.5) is 34.6 Å². The van der Waals surface area contributed by atoms with E-state index in [0.717, 1.165) is 30.3 Å². The zero-order chi connectivity index (χ0) is 15.6. The average molecular weight is 295 g/mol. The van der Waals surface area contributed by atoms with Gasteiger partial charge in [0.05, 0.1) is 28.2 Å². The zero-order valence-corrected chi connectivity index (χ0v) is 10.5. The second-order valence-corrected chi connectivity index (χ2v) is 4.23. The van der Waals surface area contributed by atoms with Crippen LogP contribution in [0.25, 0.3) is 0 Å². The van der Waals surface area contributed by atoms with Crippen LogP contribution in [0.2, 0.25) is 0 Å². The van der Waals surface area contributed by atoms with E-state index in [4.69, 9.17) is 11.0 Å². The molecule has 2 aromatic rings. The number of hydrogen-bond donors (Lipinski definition) is 2. The van der Waals surface area contributed by atoms with Crippen LogP contribution in [0.3, 0.4) is 0 Å². The van der Waals surface area contributed by atoms with Crippen molar-refractivity contribution in [1.82, 2.24) is 0 Å². The molecule has 0 heterocycles. The first kappa shape index (κ1) is 14.7. The Kier molecular flexibility index (Phi) is 3.72. The number of anilines is 3. The second kappa shape index (κ2) is 5.32. The third-order valence-electron chi connectivity index (χ3n) is 2.75. The molecule has 7 heteroatoms. The maximum absolute atomic E-state index is 13.1. The van der Waals surface area contributed by atoms with E-state index in [1.807, 2.05) is 0 Å². The Morgan fingerprint density at radius 2 is 1.76 bits per heavy atom. The molecule has 0 aliphatic rings. The SMILES string of the molecule is N#Cc1cc(C(F)(F)F)ccc1Nc1cc(F)ccc1N. The number of benzene rings is 2. The molecule has 0 unspecified atom stereocenters. The highest BCUT2D eigenvalue weighted by Gasteiger charge is 2.31. The van der Waals surface area contributed by atoms with E-state index in [0.29, 0.717) is 0 Å². The van der Waals surface area contributed by atoms with Crippen molar-refractivity contribution >= 4 is 17.1 Å². The van der Waals surface area contributed by atoms with Gasteiger partial charge in [-0.1, -0.05) is 0 Å². The topological polar surface area (TPSA) is 61.8 Å². The number of nitrogens with one attached hydrogen (secondary N) is 1. The van der Waals surface area contributed by atoms with E-state index in [-0.39, 0.29) is 22.6 Å². The second-order valence-electron chi connectivity index (χ2n) is 4.23. The number of halogens is 4. The average Bonchev–Trinajstić information content (AvgIpc) is 2.42. The van der Waals surface area contributed by atoms with Gasteiger partial charge >= 0.3 is 6.18 Å². The van der Waals surface area contributed by atoms with E-state index >= 15 is 0 Å². The standard InChI is InChI=1S/C14H9F4N3/c15-10-2-3-11(20)13(6-10)21-12-4-1-9(14(16,17)18)5-8(12)7-19/h1-6,21H,20H2. The number of nitrogen functional groups attached to an aromatic ring is 1. The van der Waals surface area contributed by atoms with Gasteiger partial charge in [-0.15, -0.1) is 0 Å². The number of alkyl halides is 3. The quantitative estimate of drug-likeness (QED) is 0.649. The summed E-state index contributed by atoms with van der Waals surface area (Å²) in [5.41, 5.74) is 4.98. The summed E-state index contributed by atoms with van der Waals surface area (Å²) in [7, 11) is 0. The molecule has 0 atom stereocenters. The van der Waals surface area contributed by atoms with Crippen LogP contribution in [0.5, 0.6) is 0 Å². The van der Waals surface area contributed by atoms with Gasteiger partial charge in [0.25, 0.3) is 0 Å². The fourth-order valence-electron chi connectivity index (χ4n) is 1.70. The van der Waals surface area contributed by atoms with Gasteiger partial charge in [-0.3, -0.25) is 0 Å². The van der Waals surface area contributed by atoms with Crippen LogP contribution in [-0.2, 0) is 6.18 Å². The smallest absolute Gasteiger partial charge is 0.397 e. The van der Waals surface area contributed by atoms with Gasteiger partial charge in [-0.2, -0.15) is 18.4 Å². The molecule has 0 spiro atoms. The van der Waals surface area contributed by atoms with E-state index in [1.165, 1.54) is 6.07 Å². The molecule has 2 aromatic carbocycles. The summed E-state index contributed by atoms with van der Waals surface area (Å²) >= 11 is 0. The Bertz CT molecular complexity index is 717. The minimum absolute atomic E-state index is 0.114. The van der Waals surface area contributed by atoms with Crippen molar-refractivity contribution < 1.29 is 17.6 Å². The number of nitriles is 1. The molecule has 0 fully saturated rings. The highest BCUT2D eigenvalue weighted by atomic mass is 19.4. The van der Waals surface area contributed by atoms with Crippen LogP contribution >= 0.6 is 0 Å². The van der Waals surface area contributed by atoms with Crippen molar-refractivity contribution in [1.29, 1.82) is 5.26 Å². The zero-order valence-electron chi connectivity index (χ0n) is 10.5. The lowest BCUT2D eigenvalue weighted by atomic mass is 10.1. The highest BCUT2D eigenvalue weighted by molar-refractivity contribution is 5.75. The normalized spacial score (nSPS) is 11.0. The monoisotopic (exact) mass is 295 g/mol. The molecule has 0 saturated heterocycles. The lowest BCUT2D eigenvalue weighted by Crippen LogP contribution is -2.06. The summed E-state index contributed by atoms with van der Waals surface area (Å²) in [6.45, 7) is 0. The van der Waals surface area contributed by atoms with E-state index in [1.54, 1.807) is 6.07 Å². The summed E-state index contributed by atoms with van der Waals surface area (Å²) in [6.07, 6.45) is -4.54. The van der Waals surface area contributed by atoms with Crippen LogP contribution in [0.15, 0.2) is 36.4 Å². The van der Waals surface area contributed by atoms with Crippen molar-refractivity contribution in [3.8, 4) is 6.07 Å². The van der Waals surface area contributed by atoms with Crippen molar-refractivity contribution in [3.63, 3.8) is 0 Å². The first-order valence-electron chi connectivity index (χ1n) is 5.74. The first-order valence-corrected chi connectivity index (χ1v) is 5.74. The number of hydrogen-bond acceptors (Lipinski definition) is 3. The molecule has 0 aliphatic heterocycles. The molecule has 3 nitrogen and oxygen atoms in total. The summed E-state index contributed by atoms with van der Waals surface area (Å²) in [6, 6.07) is 7.88. The molecule has 0 radical (unpaired) electrons. The number of nitrogens with zero attached hydrogens (tertiary/aromatic N) is 1. The Labute approximate surface area is 117 Å². The van der Waals surface area contributed by atoms with E-state index < -0.39 is 17.6 Å². The fourth-order valence-corrected chi connectivity index (χ4v) is 1.70. The third kappa shape index (κ3) is 3.23. The van der Waals surface area contributed by atoms with E-state index in [2.05, 4.69) is 5.32 Å². The molecule has 21 heavy (non-hydrogen) atoms. The van der Waals surface area contributed by atoms with Crippen LogP contribution in [0.1, 0.15) is 11.1 Å². The maximum Gasteiger partial charge on any atom is 0.416 e. The van der Waals surface area contributed by atoms with Gasteiger partial charge < -0.3 is 11.1 Å². The number of rotatable bonds is 2. The molecule has 2 rings (SSSR count). The molecule has 108 valence electrons. The molecule has 0 aromatic heterocycles. The van der Waals surface area contributed by atoms with Gasteiger partial charge in [-0.05, 0) is 36.4 Å². The maximum atomic E-state index is 13.1. The molecule has 3 N–H and O–H groups in total. The van der Waals surface area contributed by atoms with Crippen LogP contribution in [0, 0.1) is 17.1 Å². The third-order valence-corrected chi connectivity index (χ3v) is 2.75. The van der Waals surface area contributed by atoms with Gasteiger partial charge in [0.15, 0.2) is 0 Å². The fraction of sp³-hybridized carbons (Fsp3) is 0.0714. The first-order chi connectivity index (χ1) is 9.81. The molecule has 0 bridgehead atoms. The Balaban J connectivity index is 2.41. The van der Waals surface area contributed by atoms with Gasteiger partial charge in [0.1, 0.15) is 11.9 Å². The number of nitrogens with two attached hydrogens (primary N) is 1. The summed E-state index contributed by atoms with van der Waals surface area (Å²) in [4.78, 5) is 0. The van der Waals surface area contributed by atoms with Crippen molar-refractivity contribution in [2.24, 2.45) is 0 Å². The molecule has 0 aliphatic carbocycles. The summed E-state index contributed by atoms with van der Waals surface area (Å²) in [5.74, 6) is -0.558. The lowest BCUT2D eigenvalue weighted by Gasteiger charge is -2.13. The Morgan fingerprint density at radius 3 is 2.38 bits per heavy atom. The largest absolute Gasteiger partial charge is 0.416 e. The van der Waals surface area contributed by atoms with Gasteiger partial charge in [0, 0.05) is 0 Å². The van der Waals surface area contributed by atoms with E-state index in [9.17, 15) is 17.6 Å². The minimum Gasteiger partial charge on any atom is -0.397 e. The minimum atomic E-state index is -4.54. The summed E-state index contributed by atoms with van der Waals surface area (Å²) in [5, 5.41) is 11.6. The van der Waals surface area contributed by atoms with Crippen LogP contribution < -0.4 is 11.1 Å². The van der Waals surface area contributed by atoms with Crippen molar-refractivity contribution in [2.45, 2.75) is 6.18 Å². The van der Waals surface area contributed by atoms with Gasteiger partial charge in [0.2, 0.25) is 0 Å². The predicted molar refractivity (Wildman–Crippen MR) is 70.3 cm³/mol. The predicted octanol–water partition coefficient (Wildman–Crippen LogP) is 4.04. The van der Waals surface area contributed by atoms with Crippen LogP contribution in [-0.4, -0.2) is 0 Å². The Morgan fingerprint density at radius 1 is 1.05 bits per heavy atom. The summed E-state index contributed by atoms with van der Waals surface area (Å²) < 4.78 is 50.9. The highest BCUT2D eigenvalue weighted by Crippen LogP contribution is 2.33. The molecule has 0 saturated carbocycles. The van der Waals surface area contributed by atoms with Gasteiger partial charge in [-0.25, -0.2) is 4.39 Å². The Hall–Kier alpha value is -2.75. The molecule has 0 amide bonds. The van der Waals surface area contributed by atoms with Crippen molar-refractivity contribution in [3.05, 3.63) is 53.3 Å². The lowest BCUT2D eigenvalue weighted by molar-refractivity contribution is -0.137. The molecular formula is C14H9F4N3. The van der Waals surface area contributed by atoms with Crippen molar-refractivity contribution in [2.75, 3.05) is 11.1 Å². The molecular weight excluding hydrogens is 286 g/mol.